The lowest BCUT2D eigenvalue weighted by molar-refractivity contribution is -0.150. The van der Waals surface area contributed by atoms with Crippen LogP contribution in [0, 0.1) is 0 Å². The molecule has 2 aliphatic heterocycles. The maximum Gasteiger partial charge on any atom is 0.338 e. The first kappa shape index (κ1) is 43.4. The lowest BCUT2D eigenvalue weighted by Crippen LogP contribution is -2.41. The fourth-order valence-corrected chi connectivity index (χ4v) is 7.55. The van der Waals surface area contributed by atoms with Crippen LogP contribution < -0.4 is 10.6 Å². The molecule has 2 N–H and O–H groups in total. The molecular formula is C40H42Cl2N12O8. The third-order valence-electron chi connectivity index (χ3n) is 10.3. The van der Waals surface area contributed by atoms with Crippen molar-refractivity contribution in [2.75, 3.05) is 57.1 Å². The third kappa shape index (κ3) is 10.4. The summed E-state index contributed by atoms with van der Waals surface area (Å²) in [6, 6.07) is 5.02. The van der Waals surface area contributed by atoms with E-state index in [4.69, 9.17) is 47.4 Å². The number of nitrogens with one attached hydrogen (secondary N) is 2. The standard InChI is InChI=1S/C40H42Cl2N12O8/c1-23(55)61-21-34(57)51-10-6-28(7-11-51)53-19-26(15-45-53)47-39-43-17-32(41)36(49-39)25-4-5-30(38(59)60-3)31(14-25)37-33(42)18-44-40(50-37)48-27-16-46-54(20-27)29-8-12-52(13-9-29)35(58)22-62-24(2)56/h4-5,14-20,28-29H,6-13,21-22H2,1-3H3,(H,43,47,49)(H,44,48,50). The molecule has 0 spiro atoms. The number of likely N-dealkylation sites (tertiary alicyclic amines) is 2. The maximum atomic E-state index is 13.1. The average Bonchev–Trinajstić information content (AvgIpc) is 3.95. The highest BCUT2D eigenvalue weighted by molar-refractivity contribution is 6.33. The van der Waals surface area contributed by atoms with Crippen LogP contribution in [0.15, 0.2) is 55.4 Å². The number of hydrogen-bond acceptors (Lipinski definition) is 16. The number of amides is 2. The van der Waals surface area contributed by atoms with Gasteiger partial charge >= 0.3 is 17.9 Å². The summed E-state index contributed by atoms with van der Waals surface area (Å²) in [4.78, 5) is 81.5. The summed E-state index contributed by atoms with van der Waals surface area (Å²) in [5.74, 6) is -1.67. The van der Waals surface area contributed by atoms with Gasteiger partial charge < -0.3 is 34.6 Å². The smallest absolute Gasteiger partial charge is 0.338 e. The molecule has 5 aromatic rings. The normalized spacial score (nSPS) is 14.6. The van der Waals surface area contributed by atoms with Gasteiger partial charge in [-0.05, 0) is 37.8 Å². The molecule has 2 aliphatic rings. The van der Waals surface area contributed by atoms with E-state index in [-0.39, 0.29) is 70.3 Å². The van der Waals surface area contributed by atoms with E-state index in [0.29, 0.717) is 80.1 Å². The molecule has 0 aliphatic carbocycles. The molecule has 0 unspecified atom stereocenters. The van der Waals surface area contributed by atoms with E-state index in [9.17, 15) is 24.0 Å². The number of methoxy groups -OCH3 is 1. The Morgan fingerprint density at radius 3 is 1.63 bits per heavy atom. The summed E-state index contributed by atoms with van der Waals surface area (Å²) in [6.45, 7) is 4.00. The second-order valence-electron chi connectivity index (χ2n) is 14.5. The van der Waals surface area contributed by atoms with Crippen LogP contribution in [0.4, 0.5) is 23.3 Å². The molecule has 62 heavy (non-hydrogen) atoms. The van der Waals surface area contributed by atoms with Gasteiger partial charge in [-0.25, -0.2) is 24.7 Å². The van der Waals surface area contributed by atoms with Crippen LogP contribution in [0.3, 0.4) is 0 Å². The quantitative estimate of drug-likeness (QED) is 0.117. The van der Waals surface area contributed by atoms with Crippen molar-refractivity contribution in [3.05, 3.63) is 71.0 Å². The van der Waals surface area contributed by atoms with Crippen LogP contribution >= 0.6 is 23.2 Å². The molecule has 0 saturated carbocycles. The van der Waals surface area contributed by atoms with Gasteiger partial charge in [0.25, 0.3) is 11.8 Å². The molecule has 0 atom stereocenters. The number of nitrogens with zero attached hydrogens (tertiary/aromatic N) is 10. The summed E-state index contributed by atoms with van der Waals surface area (Å²) < 4.78 is 18.5. The van der Waals surface area contributed by atoms with Gasteiger partial charge in [0.2, 0.25) is 11.9 Å². The molecule has 0 bridgehead atoms. The molecule has 6 heterocycles. The topological polar surface area (TPSA) is 231 Å². The zero-order valence-electron chi connectivity index (χ0n) is 33.9. The van der Waals surface area contributed by atoms with Gasteiger partial charge in [-0.2, -0.15) is 10.2 Å². The Bertz CT molecular complexity index is 2480. The predicted octanol–water partition coefficient (Wildman–Crippen LogP) is 5.03. The number of halogens is 2. The first-order valence-corrected chi connectivity index (χ1v) is 20.3. The Morgan fingerprint density at radius 2 is 1.16 bits per heavy atom. The Morgan fingerprint density at radius 1 is 0.694 bits per heavy atom. The fraction of sp³-hybridized carbons (Fsp3) is 0.375. The third-order valence-corrected chi connectivity index (χ3v) is 10.9. The summed E-state index contributed by atoms with van der Waals surface area (Å²) in [7, 11) is 1.27. The predicted molar refractivity (Wildman–Crippen MR) is 224 cm³/mol. The number of benzene rings is 1. The van der Waals surface area contributed by atoms with Crippen molar-refractivity contribution in [3.63, 3.8) is 0 Å². The molecule has 2 saturated heterocycles. The summed E-state index contributed by atoms with van der Waals surface area (Å²) >= 11 is 13.4. The van der Waals surface area contributed by atoms with Crippen LogP contribution in [0.25, 0.3) is 22.5 Å². The molecule has 20 nitrogen and oxygen atoms in total. The first-order valence-electron chi connectivity index (χ1n) is 19.6. The summed E-state index contributed by atoms with van der Waals surface area (Å²) in [6.07, 6.45) is 12.5. The van der Waals surface area contributed by atoms with Crippen LogP contribution in [-0.4, -0.2) is 126 Å². The van der Waals surface area contributed by atoms with Crippen molar-refractivity contribution in [3.8, 4) is 22.5 Å². The highest BCUT2D eigenvalue weighted by Gasteiger charge is 2.27. The van der Waals surface area contributed by atoms with E-state index in [2.05, 4.69) is 30.8 Å². The molecule has 1 aromatic carbocycles. The number of ether oxygens (including phenoxy) is 3. The monoisotopic (exact) mass is 888 g/mol. The number of piperidine rings is 2. The Hall–Kier alpha value is -6.67. The van der Waals surface area contributed by atoms with Gasteiger partial charge in [-0.15, -0.1) is 0 Å². The van der Waals surface area contributed by atoms with Gasteiger partial charge in [0.05, 0.1) is 82.4 Å². The van der Waals surface area contributed by atoms with Crippen molar-refractivity contribution < 1.29 is 38.2 Å². The number of hydrogen-bond donors (Lipinski definition) is 2. The van der Waals surface area contributed by atoms with Gasteiger partial charge in [-0.1, -0.05) is 29.3 Å². The van der Waals surface area contributed by atoms with Crippen LogP contribution in [0.2, 0.25) is 10.0 Å². The lowest BCUT2D eigenvalue weighted by atomic mass is 9.99. The van der Waals surface area contributed by atoms with E-state index in [1.807, 2.05) is 21.8 Å². The SMILES string of the molecule is COC(=O)c1ccc(-c2nc(Nc3cnn(C4CCN(C(=O)COC(C)=O)CC4)c3)ncc2Cl)cc1-c1nc(Nc2cnn(C3CCN(C(=O)COC(C)=O)CC3)c2)ncc1Cl. The highest BCUT2D eigenvalue weighted by Crippen LogP contribution is 2.36. The first-order chi connectivity index (χ1) is 29.8. The van der Waals surface area contributed by atoms with Crippen LogP contribution in [-0.2, 0) is 33.4 Å². The minimum absolute atomic E-state index is 0.0348. The molecule has 324 valence electrons. The second-order valence-corrected chi connectivity index (χ2v) is 15.3. The second kappa shape index (κ2) is 19.4. The van der Waals surface area contributed by atoms with Gasteiger partial charge in [-0.3, -0.25) is 28.5 Å². The highest BCUT2D eigenvalue weighted by atomic mass is 35.5. The Kier molecular flexibility index (Phi) is 13.6. The van der Waals surface area contributed by atoms with Crippen molar-refractivity contribution in [2.45, 2.75) is 51.6 Å². The van der Waals surface area contributed by atoms with Crippen molar-refractivity contribution in [1.29, 1.82) is 0 Å². The number of carbonyl (C=O) groups is 5. The zero-order valence-corrected chi connectivity index (χ0v) is 35.4. The van der Waals surface area contributed by atoms with E-state index < -0.39 is 17.9 Å². The number of carbonyl (C=O) groups excluding carboxylic acids is 5. The van der Waals surface area contributed by atoms with E-state index in [1.165, 1.54) is 33.4 Å². The number of anilines is 4. The average molecular weight is 890 g/mol. The zero-order chi connectivity index (χ0) is 43.9. The minimum Gasteiger partial charge on any atom is -0.465 e. The Balaban J connectivity index is 1.05. The van der Waals surface area contributed by atoms with E-state index >= 15 is 0 Å². The van der Waals surface area contributed by atoms with Gasteiger partial charge in [0.1, 0.15) is 0 Å². The molecule has 22 heteroatoms. The summed E-state index contributed by atoms with van der Waals surface area (Å²) in [5, 5.41) is 15.8. The maximum absolute atomic E-state index is 13.1. The van der Waals surface area contributed by atoms with Crippen molar-refractivity contribution in [2.24, 2.45) is 0 Å². The van der Waals surface area contributed by atoms with Crippen LogP contribution in [0.1, 0.15) is 62.0 Å². The van der Waals surface area contributed by atoms with Gasteiger partial charge in [0.15, 0.2) is 13.2 Å². The molecule has 7 rings (SSSR count). The van der Waals surface area contributed by atoms with Gasteiger partial charge in [0, 0.05) is 63.5 Å². The number of esters is 3. The number of rotatable bonds is 13. The minimum atomic E-state index is -0.622. The van der Waals surface area contributed by atoms with E-state index in [0.717, 1.165) is 0 Å². The van der Waals surface area contributed by atoms with Crippen molar-refractivity contribution >= 4 is 76.2 Å². The largest absolute Gasteiger partial charge is 0.465 e. The Labute approximate surface area is 364 Å². The molecule has 0 radical (unpaired) electrons. The lowest BCUT2D eigenvalue weighted by Gasteiger charge is -2.31. The molecular weight excluding hydrogens is 847 g/mol. The molecule has 4 aromatic heterocycles. The number of aromatic nitrogens is 8. The molecule has 2 fully saturated rings. The molecule has 2 amide bonds. The fourth-order valence-electron chi connectivity index (χ4n) is 7.15. The summed E-state index contributed by atoms with van der Waals surface area (Å²) in [5.41, 5.74) is 2.86. The van der Waals surface area contributed by atoms with Crippen molar-refractivity contribution in [1.82, 2.24) is 49.3 Å². The van der Waals surface area contributed by atoms with Crippen LogP contribution in [0.5, 0.6) is 0 Å². The van der Waals surface area contributed by atoms with E-state index in [1.54, 1.807) is 40.4 Å².